The molecule has 4 nitrogen and oxygen atoms in total. The second-order valence-corrected chi connectivity index (χ2v) is 4.33. The third-order valence-corrected chi connectivity index (χ3v) is 3.06. The summed E-state index contributed by atoms with van der Waals surface area (Å²) >= 11 is 0. The van der Waals surface area contributed by atoms with Crippen LogP contribution in [0.1, 0.15) is 22.8 Å². The molecular formula is C15H17N3O. The second-order valence-electron chi connectivity index (χ2n) is 4.33. The van der Waals surface area contributed by atoms with Crippen molar-refractivity contribution in [1.29, 1.82) is 0 Å². The van der Waals surface area contributed by atoms with E-state index in [2.05, 4.69) is 4.98 Å². The topological polar surface area (TPSA) is 59.2 Å². The minimum atomic E-state index is -0.0552. The Kier molecular flexibility index (Phi) is 3.80. The summed E-state index contributed by atoms with van der Waals surface area (Å²) in [6.45, 7) is 4.45. The highest BCUT2D eigenvalue weighted by Crippen LogP contribution is 2.19. The van der Waals surface area contributed by atoms with Crippen LogP contribution in [0.4, 0.5) is 11.4 Å². The number of benzene rings is 1. The highest BCUT2D eigenvalue weighted by molar-refractivity contribution is 6.06. The van der Waals surface area contributed by atoms with Crippen LogP contribution in [0.2, 0.25) is 0 Å². The number of aromatic nitrogens is 1. The zero-order chi connectivity index (χ0) is 13.8. The summed E-state index contributed by atoms with van der Waals surface area (Å²) in [5.41, 5.74) is 8.90. The number of hydrogen-bond donors (Lipinski definition) is 1. The maximum atomic E-state index is 12.5. The van der Waals surface area contributed by atoms with Gasteiger partial charge in [-0.15, -0.1) is 0 Å². The molecular weight excluding hydrogens is 238 g/mol. The van der Waals surface area contributed by atoms with E-state index >= 15 is 0 Å². The lowest BCUT2D eigenvalue weighted by molar-refractivity contribution is 0.0988. The molecule has 2 aromatic rings. The maximum Gasteiger partial charge on any atom is 0.258 e. The van der Waals surface area contributed by atoms with Crippen molar-refractivity contribution in [3.05, 3.63) is 53.9 Å². The van der Waals surface area contributed by atoms with E-state index in [9.17, 15) is 4.79 Å². The van der Waals surface area contributed by atoms with E-state index in [0.717, 1.165) is 11.3 Å². The zero-order valence-electron chi connectivity index (χ0n) is 11.1. The van der Waals surface area contributed by atoms with Crippen molar-refractivity contribution in [2.24, 2.45) is 0 Å². The highest BCUT2D eigenvalue weighted by Gasteiger charge is 2.16. The van der Waals surface area contributed by atoms with Crippen molar-refractivity contribution in [3.8, 4) is 0 Å². The largest absolute Gasteiger partial charge is 0.398 e. The molecule has 1 aromatic heterocycles. The van der Waals surface area contributed by atoms with Crippen LogP contribution in [0.5, 0.6) is 0 Å². The summed E-state index contributed by atoms with van der Waals surface area (Å²) in [5.74, 6) is -0.0552. The molecule has 0 saturated heterocycles. The van der Waals surface area contributed by atoms with E-state index < -0.39 is 0 Å². The van der Waals surface area contributed by atoms with Crippen LogP contribution in [0.25, 0.3) is 0 Å². The van der Waals surface area contributed by atoms with Gasteiger partial charge in [0.2, 0.25) is 0 Å². The number of nitrogens with two attached hydrogens (primary N) is 1. The van der Waals surface area contributed by atoms with Crippen LogP contribution in [0, 0.1) is 6.92 Å². The average molecular weight is 255 g/mol. The van der Waals surface area contributed by atoms with Crippen LogP contribution < -0.4 is 10.6 Å². The van der Waals surface area contributed by atoms with Crippen LogP contribution in [0.15, 0.2) is 42.7 Å². The van der Waals surface area contributed by atoms with E-state index in [1.165, 1.54) is 0 Å². The highest BCUT2D eigenvalue weighted by atomic mass is 16.2. The first-order chi connectivity index (χ1) is 9.13. The first-order valence-electron chi connectivity index (χ1n) is 6.21. The van der Waals surface area contributed by atoms with Crippen molar-refractivity contribution < 1.29 is 4.79 Å². The number of carbonyl (C=O) groups excluding carboxylic acids is 1. The van der Waals surface area contributed by atoms with Gasteiger partial charge >= 0.3 is 0 Å². The van der Waals surface area contributed by atoms with Gasteiger partial charge in [-0.25, -0.2) is 0 Å². The zero-order valence-corrected chi connectivity index (χ0v) is 11.1. The van der Waals surface area contributed by atoms with Gasteiger partial charge in [0.15, 0.2) is 0 Å². The molecule has 1 heterocycles. The number of anilines is 2. The fourth-order valence-electron chi connectivity index (χ4n) is 1.90. The van der Waals surface area contributed by atoms with Crippen LogP contribution in [-0.4, -0.2) is 17.4 Å². The van der Waals surface area contributed by atoms with E-state index in [1.807, 2.05) is 32.0 Å². The van der Waals surface area contributed by atoms with E-state index in [0.29, 0.717) is 17.8 Å². The third-order valence-electron chi connectivity index (χ3n) is 3.06. The molecule has 0 bridgehead atoms. The summed E-state index contributed by atoms with van der Waals surface area (Å²) in [7, 11) is 0. The summed E-state index contributed by atoms with van der Waals surface area (Å²) in [6.07, 6.45) is 3.35. The molecule has 0 aliphatic rings. The van der Waals surface area contributed by atoms with E-state index in [-0.39, 0.29) is 5.91 Å². The van der Waals surface area contributed by atoms with E-state index in [4.69, 9.17) is 5.73 Å². The van der Waals surface area contributed by atoms with Gasteiger partial charge < -0.3 is 10.6 Å². The molecule has 0 fully saturated rings. The normalized spacial score (nSPS) is 10.2. The summed E-state index contributed by atoms with van der Waals surface area (Å²) < 4.78 is 0. The lowest BCUT2D eigenvalue weighted by Crippen LogP contribution is -2.30. The Bertz CT molecular complexity index is 581. The number of nitrogen functional groups attached to an aromatic ring is 1. The van der Waals surface area contributed by atoms with Crippen molar-refractivity contribution >= 4 is 17.3 Å². The van der Waals surface area contributed by atoms with Crippen LogP contribution in [-0.2, 0) is 0 Å². The number of carbonyl (C=O) groups is 1. The number of nitrogens with zero attached hydrogens (tertiary/aromatic N) is 2. The predicted octanol–water partition coefficient (Wildman–Crippen LogP) is 2.64. The lowest BCUT2D eigenvalue weighted by Gasteiger charge is -2.21. The minimum Gasteiger partial charge on any atom is -0.398 e. The van der Waals surface area contributed by atoms with Gasteiger partial charge in [0.05, 0.1) is 0 Å². The molecule has 0 spiro atoms. The molecule has 1 aromatic carbocycles. The third kappa shape index (κ3) is 2.73. The molecule has 0 saturated carbocycles. The number of aryl methyl sites for hydroxylation is 1. The monoisotopic (exact) mass is 255 g/mol. The summed E-state index contributed by atoms with van der Waals surface area (Å²) in [6, 6.07) is 9.03. The van der Waals surface area contributed by atoms with Gasteiger partial charge in [0.1, 0.15) is 0 Å². The predicted molar refractivity (Wildman–Crippen MR) is 77.2 cm³/mol. The molecule has 0 aliphatic heterocycles. The fraction of sp³-hybridized carbons (Fsp3) is 0.200. The van der Waals surface area contributed by atoms with Crippen molar-refractivity contribution in [1.82, 2.24) is 4.98 Å². The summed E-state index contributed by atoms with van der Waals surface area (Å²) in [5, 5.41) is 0. The molecule has 2 rings (SSSR count). The minimum absolute atomic E-state index is 0.0552. The molecule has 0 atom stereocenters. The average Bonchev–Trinajstić information content (AvgIpc) is 2.44. The van der Waals surface area contributed by atoms with Crippen molar-refractivity contribution in [3.63, 3.8) is 0 Å². The van der Waals surface area contributed by atoms with Gasteiger partial charge in [-0.2, -0.15) is 0 Å². The summed E-state index contributed by atoms with van der Waals surface area (Å²) in [4.78, 5) is 18.2. The van der Waals surface area contributed by atoms with Crippen LogP contribution >= 0.6 is 0 Å². The molecule has 19 heavy (non-hydrogen) atoms. The molecule has 2 N–H and O–H groups in total. The number of hydrogen-bond acceptors (Lipinski definition) is 3. The van der Waals surface area contributed by atoms with Gasteiger partial charge in [-0.05, 0) is 43.7 Å². The smallest absolute Gasteiger partial charge is 0.258 e. The van der Waals surface area contributed by atoms with Gasteiger partial charge in [-0.1, -0.05) is 6.07 Å². The quantitative estimate of drug-likeness (QED) is 0.858. The number of amides is 1. The Labute approximate surface area is 112 Å². The molecule has 0 unspecified atom stereocenters. The van der Waals surface area contributed by atoms with Crippen molar-refractivity contribution in [2.75, 3.05) is 17.2 Å². The van der Waals surface area contributed by atoms with Gasteiger partial charge in [-0.3, -0.25) is 9.78 Å². The molecule has 0 aliphatic carbocycles. The second kappa shape index (κ2) is 5.52. The lowest BCUT2D eigenvalue weighted by atomic mass is 10.1. The molecule has 1 amide bonds. The molecule has 98 valence electrons. The van der Waals surface area contributed by atoms with E-state index in [1.54, 1.807) is 29.4 Å². The first-order valence-corrected chi connectivity index (χ1v) is 6.21. The standard InChI is InChI=1S/C15H17N3O/c1-3-18(13-6-8-17-9-7-13)15(19)12-5-4-11(2)14(16)10-12/h4-10H,3,16H2,1-2H3. The fourth-order valence-corrected chi connectivity index (χ4v) is 1.90. The van der Waals surface area contributed by atoms with Crippen LogP contribution in [0.3, 0.4) is 0 Å². The molecule has 4 heteroatoms. The Balaban J connectivity index is 2.33. The molecule has 0 radical (unpaired) electrons. The Hall–Kier alpha value is -2.36. The van der Waals surface area contributed by atoms with Gasteiger partial charge in [0.25, 0.3) is 5.91 Å². The number of rotatable bonds is 3. The first kappa shape index (κ1) is 13.1. The number of pyridine rings is 1. The maximum absolute atomic E-state index is 12.5. The van der Waals surface area contributed by atoms with Gasteiger partial charge in [0, 0.05) is 35.9 Å². The van der Waals surface area contributed by atoms with Crippen molar-refractivity contribution in [2.45, 2.75) is 13.8 Å². The Morgan fingerprint density at radius 2 is 1.95 bits per heavy atom. The SMILES string of the molecule is CCN(C(=O)c1ccc(C)c(N)c1)c1ccncc1. The Morgan fingerprint density at radius 3 is 2.53 bits per heavy atom. The Morgan fingerprint density at radius 1 is 1.26 bits per heavy atom.